The minimum atomic E-state index is -3.74. The number of aryl methyl sites for hydroxylation is 2. The Labute approximate surface area is 178 Å². The van der Waals surface area contributed by atoms with Crippen LogP contribution in [0.1, 0.15) is 46.4 Å². The number of rotatable bonds is 7. The Morgan fingerprint density at radius 1 is 0.900 bits per heavy atom. The molecule has 0 saturated carbocycles. The summed E-state index contributed by atoms with van der Waals surface area (Å²) in [4.78, 5) is 13.1. The van der Waals surface area contributed by atoms with E-state index in [2.05, 4.69) is 10.0 Å². The van der Waals surface area contributed by atoms with Crippen molar-refractivity contribution in [3.05, 3.63) is 95.1 Å². The van der Waals surface area contributed by atoms with E-state index in [1.165, 1.54) is 12.1 Å². The molecule has 0 heterocycles. The Kier molecular flexibility index (Phi) is 6.57. The van der Waals surface area contributed by atoms with E-state index in [1.54, 1.807) is 43.3 Å². The molecule has 0 radical (unpaired) electrons. The monoisotopic (exact) mass is 422 g/mol. The van der Waals surface area contributed by atoms with E-state index in [-0.39, 0.29) is 16.8 Å². The van der Waals surface area contributed by atoms with Crippen LogP contribution in [0.5, 0.6) is 0 Å². The van der Waals surface area contributed by atoms with Gasteiger partial charge in [0.15, 0.2) is 0 Å². The van der Waals surface area contributed by atoms with Gasteiger partial charge in [0, 0.05) is 5.56 Å². The summed E-state index contributed by atoms with van der Waals surface area (Å²) < 4.78 is 27.9. The quantitative estimate of drug-likeness (QED) is 0.563. The van der Waals surface area contributed by atoms with E-state index in [9.17, 15) is 13.2 Å². The summed E-state index contributed by atoms with van der Waals surface area (Å²) in [6.45, 7) is 5.84. The molecule has 30 heavy (non-hydrogen) atoms. The van der Waals surface area contributed by atoms with Gasteiger partial charge >= 0.3 is 0 Å². The van der Waals surface area contributed by atoms with Crippen molar-refractivity contribution >= 4 is 21.6 Å². The second-order valence-corrected chi connectivity index (χ2v) is 8.92. The van der Waals surface area contributed by atoms with Crippen LogP contribution in [-0.4, -0.2) is 14.3 Å². The fourth-order valence-corrected chi connectivity index (χ4v) is 4.44. The highest BCUT2D eigenvalue weighted by atomic mass is 32.2. The van der Waals surface area contributed by atoms with Crippen LogP contribution in [0.15, 0.2) is 77.7 Å². The third-order valence-corrected chi connectivity index (χ3v) is 6.46. The molecule has 0 aromatic heterocycles. The normalized spacial score (nSPS) is 12.2. The van der Waals surface area contributed by atoms with E-state index in [4.69, 9.17) is 0 Å². The molecule has 0 aliphatic rings. The van der Waals surface area contributed by atoms with Crippen molar-refractivity contribution in [3.8, 4) is 0 Å². The van der Waals surface area contributed by atoms with Crippen LogP contribution in [0, 0.1) is 13.8 Å². The lowest BCUT2D eigenvalue weighted by atomic mass is 9.99. The molecular formula is C24H26N2O3S. The van der Waals surface area contributed by atoms with Gasteiger partial charge in [0.1, 0.15) is 0 Å². The lowest BCUT2D eigenvalue weighted by Crippen LogP contribution is -2.28. The summed E-state index contributed by atoms with van der Waals surface area (Å²) in [6, 6.07) is 21.0. The van der Waals surface area contributed by atoms with Crippen molar-refractivity contribution in [2.45, 2.75) is 38.1 Å². The number of carbonyl (C=O) groups excluding carboxylic acids is 1. The molecule has 1 amide bonds. The third-order valence-electron chi connectivity index (χ3n) is 5.08. The smallest absolute Gasteiger partial charge is 0.261 e. The van der Waals surface area contributed by atoms with Crippen LogP contribution in [0.4, 0.5) is 5.69 Å². The number of benzene rings is 3. The first-order chi connectivity index (χ1) is 14.3. The second kappa shape index (κ2) is 9.13. The molecule has 0 fully saturated rings. The highest BCUT2D eigenvalue weighted by Crippen LogP contribution is 2.24. The predicted molar refractivity (Wildman–Crippen MR) is 120 cm³/mol. The van der Waals surface area contributed by atoms with Gasteiger partial charge in [-0.25, -0.2) is 8.42 Å². The maximum absolute atomic E-state index is 12.9. The Hall–Kier alpha value is -3.12. The molecule has 0 spiro atoms. The topological polar surface area (TPSA) is 75.3 Å². The van der Waals surface area contributed by atoms with Gasteiger partial charge < -0.3 is 5.32 Å². The van der Waals surface area contributed by atoms with Gasteiger partial charge in [-0.3, -0.25) is 9.52 Å². The Morgan fingerprint density at radius 3 is 2.23 bits per heavy atom. The molecule has 156 valence electrons. The number of anilines is 1. The zero-order valence-corrected chi connectivity index (χ0v) is 18.2. The number of hydrogen-bond acceptors (Lipinski definition) is 3. The zero-order chi connectivity index (χ0) is 21.7. The summed E-state index contributed by atoms with van der Waals surface area (Å²) in [5.74, 6) is -0.245. The minimum absolute atomic E-state index is 0.121. The summed E-state index contributed by atoms with van der Waals surface area (Å²) in [6.07, 6.45) is 0.746. The SMILES string of the molecule is CC[C@H](NC(=O)c1ccc(C)c(NS(=O)(=O)c2ccccc2)c1)c1ccccc1C. The van der Waals surface area contributed by atoms with Crippen molar-refractivity contribution in [2.24, 2.45) is 0 Å². The van der Waals surface area contributed by atoms with E-state index in [1.807, 2.05) is 38.1 Å². The molecule has 0 unspecified atom stereocenters. The lowest BCUT2D eigenvalue weighted by molar-refractivity contribution is 0.0935. The van der Waals surface area contributed by atoms with Gasteiger partial charge in [-0.1, -0.05) is 55.5 Å². The number of carbonyl (C=O) groups is 1. The average Bonchev–Trinajstić information content (AvgIpc) is 2.74. The fraction of sp³-hybridized carbons (Fsp3) is 0.208. The van der Waals surface area contributed by atoms with E-state index >= 15 is 0 Å². The first kappa shape index (κ1) is 21.6. The molecule has 0 bridgehead atoms. The lowest BCUT2D eigenvalue weighted by Gasteiger charge is -2.20. The third kappa shape index (κ3) is 4.89. The molecule has 6 heteroatoms. The fourth-order valence-electron chi connectivity index (χ4n) is 3.30. The maximum atomic E-state index is 12.9. The molecule has 3 rings (SSSR count). The number of sulfonamides is 1. The predicted octanol–water partition coefficient (Wildman–Crippen LogP) is 4.99. The van der Waals surface area contributed by atoms with Crippen molar-refractivity contribution in [3.63, 3.8) is 0 Å². The Bertz CT molecular complexity index is 1140. The van der Waals surface area contributed by atoms with Crippen molar-refractivity contribution in [1.29, 1.82) is 0 Å². The summed E-state index contributed by atoms with van der Waals surface area (Å²) in [5, 5.41) is 3.07. The van der Waals surface area contributed by atoms with Crippen LogP contribution in [0.3, 0.4) is 0 Å². The first-order valence-corrected chi connectivity index (χ1v) is 11.3. The summed E-state index contributed by atoms with van der Waals surface area (Å²) in [5.41, 5.74) is 3.71. The number of nitrogens with one attached hydrogen (secondary N) is 2. The first-order valence-electron chi connectivity index (χ1n) is 9.86. The molecule has 0 saturated heterocycles. The van der Waals surface area contributed by atoms with Crippen LogP contribution >= 0.6 is 0 Å². The molecule has 2 N–H and O–H groups in total. The summed E-state index contributed by atoms with van der Waals surface area (Å²) in [7, 11) is -3.74. The van der Waals surface area contributed by atoms with Crippen molar-refractivity contribution < 1.29 is 13.2 Å². The van der Waals surface area contributed by atoms with E-state index < -0.39 is 10.0 Å². The molecule has 3 aromatic carbocycles. The van der Waals surface area contributed by atoms with Gasteiger partial charge in [-0.15, -0.1) is 0 Å². The highest BCUT2D eigenvalue weighted by Gasteiger charge is 2.19. The van der Waals surface area contributed by atoms with Crippen molar-refractivity contribution in [1.82, 2.24) is 5.32 Å². The molecule has 0 aliphatic heterocycles. The summed E-state index contributed by atoms with van der Waals surface area (Å²) >= 11 is 0. The minimum Gasteiger partial charge on any atom is -0.345 e. The molecular weight excluding hydrogens is 396 g/mol. The van der Waals surface area contributed by atoms with Gasteiger partial charge in [0.25, 0.3) is 15.9 Å². The standard InChI is InChI=1S/C24H26N2O3S/c1-4-22(21-13-9-8-10-17(21)2)25-24(27)19-15-14-18(3)23(16-19)26-30(28,29)20-11-6-5-7-12-20/h5-16,22,26H,4H2,1-3H3,(H,25,27)/t22-/m0/s1. The molecule has 1 atom stereocenters. The molecule has 0 aliphatic carbocycles. The van der Waals surface area contributed by atoms with E-state index in [0.717, 1.165) is 23.1 Å². The van der Waals surface area contributed by atoms with Crippen LogP contribution in [0.25, 0.3) is 0 Å². The molecule has 5 nitrogen and oxygen atoms in total. The van der Waals surface area contributed by atoms with Gasteiger partial charge in [0.05, 0.1) is 16.6 Å². The van der Waals surface area contributed by atoms with Crippen LogP contribution < -0.4 is 10.0 Å². The van der Waals surface area contributed by atoms with Crippen LogP contribution in [0.2, 0.25) is 0 Å². The average molecular weight is 423 g/mol. The van der Waals surface area contributed by atoms with Crippen molar-refractivity contribution in [2.75, 3.05) is 4.72 Å². The largest absolute Gasteiger partial charge is 0.345 e. The Balaban J connectivity index is 1.84. The Morgan fingerprint density at radius 2 is 1.57 bits per heavy atom. The van der Waals surface area contributed by atoms with Gasteiger partial charge in [0.2, 0.25) is 0 Å². The second-order valence-electron chi connectivity index (χ2n) is 7.24. The number of amides is 1. The highest BCUT2D eigenvalue weighted by molar-refractivity contribution is 7.92. The van der Waals surface area contributed by atoms with Gasteiger partial charge in [-0.05, 0) is 61.2 Å². The zero-order valence-electron chi connectivity index (χ0n) is 17.3. The maximum Gasteiger partial charge on any atom is 0.261 e. The number of hydrogen-bond donors (Lipinski definition) is 2. The van der Waals surface area contributed by atoms with Crippen LogP contribution in [-0.2, 0) is 10.0 Å². The van der Waals surface area contributed by atoms with E-state index in [0.29, 0.717) is 11.3 Å². The molecule has 3 aromatic rings. The van der Waals surface area contributed by atoms with Gasteiger partial charge in [-0.2, -0.15) is 0 Å².